The normalized spacial score (nSPS) is 19.2. The highest BCUT2D eigenvalue weighted by Crippen LogP contribution is 2.23. The molecule has 6 nitrogen and oxygen atoms in total. The molecule has 0 saturated carbocycles. The highest BCUT2D eigenvalue weighted by Gasteiger charge is 2.34. The number of carboxylic acid groups (broad SMARTS) is 1. The number of aryl methyl sites for hydroxylation is 2. The molecule has 2 heterocycles. The molecule has 1 aliphatic heterocycles. The van der Waals surface area contributed by atoms with Gasteiger partial charge in [0.2, 0.25) is 5.91 Å². The number of nitrogens with zero attached hydrogens (tertiary/aromatic N) is 2. The fourth-order valence-electron chi connectivity index (χ4n) is 1.90. The average Bonchev–Trinajstić information content (AvgIpc) is 2.90. The van der Waals surface area contributed by atoms with Crippen molar-refractivity contribution in [3.05, 3.63) is 17.0 Å². The molecule has 0 bridgehead atoms. The van der Waals surface area contributed by atoms with Crippen LogP contribution in [0.2, 0.25) is 0 Å². The summed E-state index contributed by atoms with van der Waals surface area (Å²) in [4.78, 5) is 24.5. The summed E-state index contributed by atoms with van der Waals surface area (Å²) in [5.74, 6) is 0.343. The minimum atomic E-state index is -0.952. The van der Waals surface area contributed by atoms with Gasteiger partial charge in [-0.3, -0.25) is 4.79 Å². The van der Waals surface area contributed by atoms with Crippen molar-refractivity contribution in [2.24, 2.45) is 0 Å². The molecule has 2 rings (SSSR count). The van der Waals surface area contributed by atoms with Crippen LogP contribution in [0.4, 0.5) is 0 Å². The molecule has 1 aromatic heterocycles. The standard InChI is InChI=1S/C11H14N2O4S/c1-6-8(7(2)17-12-6)3-10(14)13-5-18-4-9(13)11(15)16/h9H,3-5H2,1-2H3,(H,15,16). The molecular weight excluding hydrogens is 256 g/mol. The van der Waals surface area contributed by atoms with Crippen LogP contribution in [0.15, 0.2) is 4.52 Å². The molecule has 7 heteroatoms. The number of carbonyl (C=O) groups excluding carboxylic acids is 1. The van der Waals surface area contributed by atoms with Crippen LogP contribution in [-0.2, 0) is 16.0 Å². The lowest BCUT2D eigenvalue weighted by molar-refractivity contribution is -0.147. The average molecular weight is 270 g/mol. The summed E-state index contributed by atoms with van der Waals surface area (Å²) in [5.41, 5.74) is 1.43. The Bertz CT molecular complexity index is 466. The number of carboxylic acids is 1. The first-order chi connectivity index (χ1) is 8.50. The number of aliphatic carboxylic acids is 1. The van der Waals surface area contributed by atoms with Gasteiger partial charge in [-0.25, -0.2) is 4.79 Å². The molecule has 1 aliphatic rings. The van der Waals surface area contributed by atoms with E-state index < -0.39 is 12.0 Å². The molecule has 1 fully saturated rings. The van der Waals surface area contributed by atoms with Gasteiger partial charge >= 0.3 is 5.97 Å². The lowest BCUT2D eigenvalue weighted by Crippen LogP contribution is -2.42. The molecule has 1 aromatic rings. The van der Waals surface area contributed by atoms with Crippen molar-refractivity contribution in [3.63, 3.8) is 0 Å². The zero-order chi connectivity index (χ0) is 13.3. The Hall–Kier alpha value is -1.50. The van der Waals surface area contributed by atoms with Gasteiger partial charge in [-0.05, 0) is 13.8 Å². The molecule has 1 N–H and O–H groups in total. The second-order valence-corrected chi connectivity index (χ2v) is 5.20. The Labute approximate surface area is 108 Å². The fourth-order valence-corrected chi connectivity index (χ4v) is 3.07. The zero-order valence-electron chi connectivity index (χ0n) is 10.2. The van der Waals surface area contributed by atoms with Gasteiger partial charge in [0.1, 0.15) is 11.8 Å². The summed E-state index contributed by atoms with van der Waals surface area (Å²) in [6.45, 7) is 3.52. The summed E-state index contributed by atoms with van der Waals surface area (Å²) in [6, 6.07) is -0.719. The van der Waals surface area contributed by atoms with E-state index in [9.17, 15) is 9.59 Å². The lowest BCUT2D eigenvalue weighted by atomic mass is 10.1. The van der Waals surface area contributed by atoms with Crippen molar-refractivity contribution in [2.45, 2.75) is 26.3 Å². The first kappa shape index (κ1) is 12.9. The van der Waals surface area contributed by atoms with Gasteiger partial charge < -0.3 is 14.5 Å². The van der Waals surface area contributed by atoms with Crippen LogP contribution in [0.5, 0.6) is 0 Å². The third-order valence-electron chi connectivity index (χ3n) is 3.00. The lowest BCUT2D eigenvalue weighted by Gasteiger charge is -2.20. The maximum absolute atomic E-state index is 12.1. The Morgan fingerprint density at radius 3 is 2.83 bits per heavy atom. The summed E-state index contributed by atoms with van der Waals surface area (Å²) >= 11 is 1.45. The van der Waals surface area contributed by atoms with E-state index in [0.29, 0.717) is 23.1 Å². The van der Waals surface area contributed by atoms with Crippen molar-refractivity contribution in [2.75, 3.05) is 11.6 Å². The van der Waals surface area contributed by atoms with E-state index in [1.165, 1.54) is 16.7 Å². The number of aromatic nitrogens is 1. The zero-order valence-corrected chi connectivity index (χ0v) is 11.0. The van der Waals surface area contributed by atoms with E-state index in [2.05, 4.69) is 5.16 Å². The minimum absolute atomic E-state index is 0.144. The highest BCUT2D eigenvalue weighted by atomic mass is 32.2. The Morgan fingerprint density at radius 1 is 1.56 bits per heavy atom. The predicted molar refractivity (Wildman–Crippen MR) is 65.3 cm³/mol. The van der Waals surface area contributed by atoms with Gasteiger partial charge in [0.15, 0.2) is 0 Å². The molecule has 1 amide bonds. The third kappa shape index (κ3) is 2.35. The second kappa shape index (κ2) is 5.01. The number of amides is 1. The van der Waals surface area contributed by atoms with E-state index in [-0.39, 0.29) is 12.3 Å². The van der Waals surface area contributed by atoms with Crippen LogP contribution in [0, 0.1) is 13.8 Å². The van der Waals surface area contributed by atoms with Crippen LogP contribution in [0.1, 0.15) is 17.0 Å². The Kier molecular flexibility index (Phi) is 3.60. The molecule has 0 aromatic carbocycles. The smallest absolute Gasteiger partial charge is 0.327 e. The molecular formula is C11H14N2O4S. The molecule has 0 radical (unpaired) electrons. The van der Waals surface area contributed by atoms with Crippen LogP contribution in [0.3, 0.4) is 0 Å². The monoisotopic (exact) mass is 270 g/mol. The molecule has 0 spiro atoms. The summed E-state index contributed by atoms with van der Waals surface area (Å²) in [6.07, 6.45) is 0.144. The largest absolute Gasteiger partial charge is 0.480 e. The maximum Gasteiger partial charge on any atom is 0.327 e. The Balaban J connectivity index is 2.11. The molecule has 18 heavy (non-hydrogen) atoms. The number of hydrogen-bond donors (Lipinski definition) is 1. The Morgan fingerprint density at radius 2 is 2.28 bits per heavy atom. The number of thioether (sulfide) groups is 1. The third-order valence-corrected chi connectivity index (χ3v) is 4.01. The topological polar surface area (TPSA) is 83.6 Å². The maximum atomic E-state index is 12.1. The van der Waals surface area contributed by atoms with Crippen LogP contribution in [-0.4, -0.2) is 44.7 Å². The van der Waals surface area contributed by atoms with E-state index in [4.69, 9.17) is 9.63 Å². The SMILES string of the molecule is Cc1noc(C)c1CC(=O)N1CSCC1C(=O)O. The number of carbonyl (C=O) groups is 2. The van der Waals surface area contributed by atoms with Gasteiger partial charge in [0.05, 0.1) is 18.0 Å². The van der Waals surface area contributed by atoms with Crippen molar-refractivity contribution >= 4 is 23.6 Å². The van der Waals surface area contributed by atoms with Gasteiger partial charge in [0, 0.05) is 11.3 Å². The van der Waals surface area contributed by atoms with E-state index in [1.54, 1.807) is 13.8 Å². The minimum Gasteiger partial charge on any atom is -0.480 e. The quantitative estimate of drug-likeness (QED) is 0.875. The van der Waals surface area contributed by atoms with Gasteiger partial charge in [0.25, 0.3) is 0 Å². The van der Waals surface area contributed by atoms with Crippen molar-refractivity contribution in [3.8, 4) is 0 Å². The summed E-state index contributed by atoms with van der Waals surface area (Å²) in [5, 5.41) is 12.8. The van der Waals surface area contributed by atoms with E-state index >= 15 is 0 Å². The predicted octanol–water partition coefficient (Wildman–Crippen LogP) is 0.820. The number of hydrogen-bond acceptors (Lipinski definition) is 5. The van der Waals surface area contributed by atoms with Crippen LogP contribution < -0.4 is 0 Å². The molecule has 0 aliphatic carbocycles. The van der Waals surface area contributed by atoms with Gasteiger partial charge in [-0.2, -0.15) is 0 Å². The molecule has 98 valence electrons. The van der Waals surface area contributed by atoms with Crippen molar-refractivity contribution in [1.29, 1.82) is 0 Å². The highest BCUT2D eigenvalue weighted by molar-refractivity contribution is 7.99. The summed E-state index contributed by atoms with van der Waals surface area (Å²) < 4.78 is 4.99. The first-order valence-corrected chi connectivity index (χ1v) is 6.68. The number of rotatable bonds is 3. The van der Waals surface area contributed by atoms with Gasteiger partial charge in [-0.1, -0.05) is 5.16 Å². The first-order valence-electron chi connectivity index (χ1n) is 5.52. The van der Waals surface area contributed by atoms with Crippen LogP contribution in [0.25, 0.3) is 0 Å². The molecule has 1 atom stereocenters. The van der Waals surface area contributed by atoms with Crippen molar-refractivity contribution in [1.82, 2.24) is 10.1 Å². The van der Waals surface area contributed by atoms with Crippen molar-refractivity contribution < 1.29 is 19.2 Å². The van der Waals surface area contributed by atoms with Gasteiger partial charge in [-0.15, -0.1) is 11.8 Å². The summed E-state index contributed by atoms with van der Waals surface area (Å²) in [7, 11) is 0. The fraction of sp³-hybridized carbons (Fsp3) is 0.545. The second-order valence-electron chi connectivity index (χ2n) is 4.20. The molecule has 1 saturated heterocycles. The van der Waals surface area contributed by atoms with E-state index in [0.717, 1.165) is 5.56 Å². The van der Waals surface area contributed by atoms with Crippen LogP contribution >= 0.6 is 11.8 Å². The van der Waals surface area contributed by atoms with E-state index in [1.807, 2.05) is 0 Å². The molecule has 1 unspecified atom stereocenters.